The van der Waals surface area contributed by atoms with Crippen molar-refractivity contribution in [1.82, 2.24) is 0 Å². The molecule has 0 aromatic heterocycles. The minimum absolute atomic E-state index is 0.00558. The Bertz CT molecular complexity index is 578. The van der Waals surface area contributed by atoms with E-state index in [2.05, 4.69) is 13.8 Å². The summed E-state index contributed by atoms with van der Waals surface area (Å²) in [5.41, 5.74) is -1.33. The number of rotatable bonds is 1. The summed E-state index contributed by atoms with van der Waals surface area (Å²) in [5, 5.41) is 20.8. The normalized spacial score (nSPS) is 55.6. The smallest absolute Gasteiger partial charge is 0.308 e. The first-order chi connectivity index (χ1) is 11.7. The summed E-state index contributed by atoms with van der Waals surface area (Å²) >= 11 is 0. The molecular weight excluding hydrogens is 320 g/mol. The van der Waals surface area contributed by atoms with Crippen LogP contribution in [0.3, 0.4) is 0 Å². The lowest BCUT2D eigenvalue weighted by atomic mass is 9.43. The summed E-state index contributed by atoms with van der Waals surface area (Å²) in [7, 11) is 0. The molecule has 4 fully saturated rings. The van der Waals surface area contributed by atoms with E-state index in [-0.39, 0.29) is 29.5 Å². The molecule has 4 aliphatic rings. The van der Waals surface area contributed by atoms with Gasteiger partial charge in [0.25, 0.3) is 0 Å². The summed E-state index contributed by atoms with van der Waals surface area (Å²) in [6, 6.07) is 0. The number of esters is 1. The largest absolute Gasteiger partial charge is 0.463 e. The van der Waals surface area contributed by atoms with E-state index in [9.17, 15) is 15.0 Å². The van der Waals surface area contributed by atoms with Gasteiger partial charge in [0.1, 0.15) is 12.2 Å². The Hall–Kier alpha value is -0.650. The topological polar surface area (TPSA) is 76.0 Å². The van der Waals surface area contributed by atoms with E-state index in [0.717, 1.165) is 32.1 Å². The Morgan fingerprint density at radius 1 is 1.16 bits per heavy atom. The van der Waals surface area contributed by atoms with Crippen molar-refractivity contribution in [2.75, 3.05) is 13.2 Å². The molecule has 4 rings (SSSR count). The summed E-state index contributed by atoms with van der Waals surface area (Å²) in [4.78, 5) is 11.7. The molecule has 0 bridgehead atoms. The monoisotopic (exact) mass is 352 g/mol. The number of cyclic esters (lactones) is 1. The number of hydrogen-bond donors (Lipinski definition) is 2. The third-order valence-electron chi connectivity index (χ3n) is 8.57. The SMILES string of the molecule is C[C@@H]1CC[C@@H]2[C@](C)(CO)[C@@H](O)CC[C@]2(C)[C@]12CC[C@]1(COC(=O)C1)O2. The van der Waals surface area contributed by atoms with Crippen LogP contribution in [0.15, 0.2) is 0 Å². The van der Waals surface area contributed by atoms with E-state index in [1.807, 2.05) is 6.92 Å². The molecule has 142 valence electrons. The molecule has 7 atom stereocenters. The number of aliphatic hydroxyl groups excluding tert-OH is 2. The van der Waals surface area contributed by atoms with Crippen LogP contribution in [0.2, 0.25) is 0 Å². The second-order valence-corrected chi connectivity index (χ2v) is 9.68. The predicted octanol–water partition coefficient (Wildman–Crippen LogP) is 2.43. The van der Waals surface area contributed by atoms with E-state index in [1.165, 1.54) is 0 Å². The number of fused-ring (bicyclic) bond motifs is 2. The molecule has 5 heteroatoms. The Balaban J connectivity index is 1.74. The lowest BCUT2D eigenvalue weighted by Gasteiger charge is -2.65. The highest BCUT2D eigenvalue weighted by atomic mass is 16.6. The van der Waals surface area contributed by atoms with Gasteiger partial charge in [-0.2, -0.15) is 0 Å². The molecule has 2 aliphatic heterocycles. The summed E-state index contributed by atoms with van der Waals surface area (Å²) in [6.07, 6.45) is 5.36. The van der Waals surface area contributed by atoms with Gasteiger partial charge < -0.3 is 19.7 Å². The molecule has 2 spiro atoms. The standard InChI is InChI=1S/C20H32O5/c1-13-4-5-14-17(2,11-21)15(22)6-7-18(14,3)20(13)9-8-19(25-20)10-16(23)24-12-19/h13-15,21-22H,4-12H2,1-3H3/t13-,14-,15+,17+,18+,19+,20+/m1/s1. The zero-order chi connectivity index (χ0) is 18.1. The average molecular weight is 352 g/mol. The third kappa shape index (κ3) is 2.15. The maximum Gasteiger partial charge on any atom is 0.308 e. The van der Waals surface area contributed by atoms with Crippen LogP contribution in [-0.4, -0.2) is 46.7 Å². The quantitative estimate of drug-likeness (QED) is 0.709. The number of carbonyl (C=O) groups excluding carboxylic acids is 1. The minimum atomic E-state index is -0.485. The summed E-state index contributed by atoms with van der Waals surface area (Å²) in [6.45, 7) is 7.01. The molecule has 0 aromatic carbocycles. The van der Waals surface area contributed by atoms with Crippen LogP contribution in [0.5, 0.6) is 0 Å². The highest BCUT2D eigenvalue weighted by Gasteiger charge is 2.69. The first-order valence-electron chi connectivity index (χ1n) is 9.86. The van der Waals surface area contributed by atoms with Crippen molar-refractivity contribution in [2.24, 2.45) is 22.7 Å². The third-order valence-corrected chi connectivity index (χ3v) is 8.57. The molecule has 0 amide bonds. The Morgan fingerprint density at radius 3 is 2.56 bits per heavy atom. The van der Waals surface area contributed by atoms with Gasteiger partial charge in [0.05, 0.1) is 24.7 Å². The van der Waals surface area contributed by atoms with Gasteiger partial charge in [-0.3, -0.25) is 4.79 Å². The van der Waals surface area contributed by atoms with Gasteiger partial charge >= 0.3 is 5.97 Å². The van der Waals surface area contributed by atoms with Crippen LogP contribution in [-0.2, 0) is 14.3 Å². The van der Waals surface area contributed by atoms with Crippen LogP contribution in [0.4, 0.5) is 0 Å². The Kier molecular flexibility index (Phi) is 3.85. The van der Waals surface area contributed by atoms with E-state index < -0.39 is 17.1 Å². The van der Waals surface area contributed by atoms with Crippen molar-refractivity contribution >= 4 is 5.97 Å². The zero-order valence-corrected chi connectivity index (χ0v) is 15.7. The predicted molar refractivity (Wildman–Crippen MR) is 91.8 cm³/mol. The van der Waals surface area contributed by atoms with Gasteiger partial charge in [0.2, 0.25) is 0 Å². The highest BCUT2D eigenvalue weighted by Crippen LogP contribution is 2.68. The maximum atomic E-state index is 11.7. The van der Waals surface area contributed by atoms with Gasteiger partial charge in [-0.1, -0.05) is 20.8 Å². The molecule has 0 aromatic rings. The number of aliphatic hydroxyl groups is 2. The van der Waals surface area contributed by atoms with Crippen LogP contribution in [0.25, 0.3) is 0 Å². The van der Waals surface area contributed by atoms with E-state index >= 15 is 0 Å². The molecule has 0 radical (unpaired) electrons. The molecule has 25 heavy (non-hydrogen) atoms. The summed E-state index contributed by atoms with van der Waals surface area (Å²) < 4.78 is 12.1. The fourth-order valence-corrected chi connectivity index (χ4v) is 6.94. The van der Waals surface area contributed by atoms with Crippen molar-refractivity contribution in [1.29, 1.82) is 0 Å². The van der Waals surface area contributed by atoms with Gasteiger partial charge in [-0.25, -0.2) is 0 Å². The van der Waals surface area contributed by atoms with Crippen LogP contribution in [0, 0.1) is 22.7 Å². The molecule has 2 heterocycles. The van der Waals surface area contributed by atoms with Crippen LogP contribution in [0.1, 0.15) is 65.7 Å². The maximum absolute atomic E-state index is 11.7. The fraction of sp³-hybridized carbons (Fsp3) is 0.950. The van der Waals surface area contributed by atoms with E-state index in [4.69, 9.17) is 9.47 Å². The van der Waals surface area contributed by atoms with Gasteiger partial charge in [-0.05, 0) is 50.4 Å². The molecule has 2 saturated heterocycles. The lowest BCUT2D eigenvalue weighted by molar-refractivity contribution is -0.266. The minimum Gasteiger partial charge on any atom is -0.463 e. The van der Waals surface area contributed by atoms with Gasteiger partial charge in [0.15, 0.2) is 0 Å². The molecule has 5 nitrogen and oxygen atoms in total. The second-order valence-electron chi connectivity index (χ2n) is 9.68. The van der Waals surface area contributed by atoms with E-state index in [0.29, 0.717) is 25.4 Å². The van der Waals surface area contributed by atoms with Crippen molar-refractivity contribution in [3.63, 3.8) is 0 Å². The van der Waals surface area contributed by atoms with Crippen molar-refractivity contribution in [3.05, 3.63) is 0 Å². The highest BCUT2D eigenvalue weighted by molar-refractivity contribution is 5.73. The van der Waals surface area contributed by atoms with Crippen LogP contribution < -0.4 is 0 Å². The zero-order valence-electron chi connectivity index (χ0n) is 15.7. The molecular formula is C20H32O5. The first kappa shape index (κ1) is 17.7. The molecule has 2 saturated carbocycles. The summed E-state index contributed by atoms with van der Waals surface area (Å²) in [5.74, 6) is 0.474. The number of ether oxygens (including phenoxy) is 2. The van der Waals surface area contributed by atoms with Crippen molar-refractivity contribution < 1.29 is 24.5 Å². The molecule has 2 aliphatic carbocycles. The average Bonchev–Trinajstić information content (AvgIpc) is 3.14. The number of hydrogen-bond acceptors (Lipinski definition) is 5. The number of carbonyl (C=O) groups is 1. The van der Waals surface area contributed by atoms with Crippen molar-refractivity contribution in [2.45, 2.75) is 83.0 Å². The molecule has 2 N–H and O–H groups in total. The van der Waals surface area contributed by atoms with Gasteiger partial charge in [0, 0.05) is 10.8 Å². The van der Waals surface area contributed by atoms with Gasteiger partial charge in [-0.15, -0.1) is 0 Å². The van der Waals surface area contributed by atoms with E-state index in [1.54, 1.807) is 0 Å². The molecule has 0 unspecified atom stereocenters. The van der Waals surface area contributed by atoms with Crippen LogP contribution >= 0.6 is 0 Å². The second kappa shape index (κ2) is 5.43. The fourth-order valence-electron chi connectivity index (χ4n) is 6.94. The Labute approximate surface area is 150 Å². The van der Waals surface area contributed by atoms with Crippen molar-refractivity contribution in [3.8, 4) is 0 Å². The Morgan fingerprint density at radius 2 is 1.92 bits per heavy atom. The first-order valence-corrected chi connectivity index (χ1v) is 9.86. The lowest BCUT2D eigenvalue weighted by Crippen LogP contribution is -2.66.